The molecule has 2 N–H and O–H groups in total. The maximum Gasteiger partial charge on any atom is 0.257 e. The van der Waals surface area contributed by atoms with Gasteiger partial charge in [0.15, 0.2) is 16.7 Å². The number of nitrogens with zero attached hydrogens (tertiary/aromatic N) is 1. The lowest BCUT2D eigenvalue weighted by atomic mass is 9.86. The van der Waals surface area contributed by atoms with Crippen LogP contribution in [-0.4, -0.2) is 29.6 Å². The largest absolute Gasteiger partial charge is 0.493 e. The van der Waals surface area contributed by atoms with Crippen LogP contribution >= 0.6 is 11.8 Å². The van der Waals surface area contributed by atoms with Gasteiger partial charge in [-0.1, -0.05) is 54.6 Å². The lowest BCUT2D eigenvalue weighted by molar-refractivity contribution is -0.116. The number of rotatable bonds is 8. The van der Waals surface area contributed by atoms with Crippen molar-refractivity contribution in [2.75, 3.05) is 19.0 Å². The molecule has 1 atom stereocenters. The van der Waals surface area contributed by atoms with Gasteiger partial charge < -0.3 is 19.8 Å². The van der Waals surface area contributed by atoms with E-state index in [-0.39, 0.29) is 17.9 Å². The van der Waals surface area contributed by atoms with Gasteiger partial charge in [0.25, 0.3) is 5.56 Å². The van der Waals surface area contributed by atoms with E-state index in [2.05, 4.69) is 21.4 Å². The molecule has 0 saturated carbocycles. The molecule has 1 aliphatic rings. The molecule has 0 aliphatic carbocycles. The molecule has 1 aliphatic heterocycles. The Labute approximate surface area is 196 Å². The molecule has 3 aromatic rings. The number of methoxy groups -OCH3 is 1. The minimum atomic E-state index is -0.421. The van der Waals surface area contributed by atoms with Crippen LogP contribution in [0.3, 0.4) is 0 Å². The minimum absolute atomic E-state index is 0.159. The van der Waals surface area contributed by atoms with Crippen molar-refractivity contribution in [3.05, 3.63) is 75.1 Å². The number of aryl methyl sites for hydroxylation is 1. The summed E-state index contributed by atoms with van der Waals surface area (Å²) >= 11 is 1.43. The monoisotopic (exact) mass is 465 g/mol. The Morgan fingerprint density at radius 2 is 2.00 bits per heavy atom. The predicted octanol–water partition coefficient (Wildman–Crippen LogP) is 4.64. The number of thioether (sulfide) groups is 1. The third-order valence-corrected chi connectivity index (χ3v) is 6.38. The number of H-pyrrole nitrogens is 1. The lowest BCUT2D eigenvalue weighted by Gasteiger charge is -2.25. The van der Waals surface area contributed by atoms with Gasteiger partial charge in [0.05, 0.1) is 19.3 Å². The number of hydrogen-bond acceptors (Lipinski definition) is 6. The molecule has 2 aromatic carbocycles. The summed E-state index contributed by atoms with van der Waals surface area (Å²) < 4.78 is 11.2. The van der Waals surface area contributed by atoms with E-state index in [1.54, 1.807) is 7.11 Å². The van der Waals surface area contributed by atoms with Gasteiger partial charge in [-0.15, -0.1) is 0 Å². The highest BCUT2D eigenvalue weighted by atomic mass is 32.2. The molecule has 33 heavy (non-hydrogen) atoms. The van der Waals surface area contributed by atoms with Crippen molar-refractivity contribution in [2.24, 2.45) is 0 Å². The van der Waals surface area contributed by atoms with E-state index in [1.165, 1.54) is 17.3 Å². The van der Waals surface area contributed by atoms with Crippen molar-refractivity contribution in [3.8, 4) is 11.5 Å². The molecular weight excluding hydrogens is 438 g/mol. The quantitative estimate of drug-likeness (QED) is 0.372. The van der Waals surface area contributed by atoms with Crippen molar-refractivity contribution >= 4 is 23.5 Å². The van der Waals surface area contributed by atoms with Crippen LogP contribution in [0.5, 0.6) is 11.5 Å². The first kappa shape index (κ1) is 22.9. The average Bonchev–Trinajstić information content (AvgIpc) is 2.80. The van der Waals surface area contributed by atoms with Gasteiger partial charge in [-0.25, -0.2) is 4.98 Å². The number of aromatic amines is 1. The lowest BCUT2D eigenvalue weighted by Crippen LogP contribution is -2.31. The topological polar surface area (TPSA) is 93.3 Å². The fourth-order valence-corrected chi connectivity index (χ4v) is 4.69. The number of anilines is 1. The molecule has 8 heteroatoms. The van der Waals surface area contributed by atoms with E-state index in [0.29, 0.717) is 40.4 Å². The molecule has 0 radical (unpaired) electrons. The molecule has 0 bridgehead atoms. The first-order valence-corrected chi connectivity index (χ1v) is 11.9. The van der Waals surface area contributed by atoms with Crippen molar-refractivity contribution in [1.29, 1.82) is 0 Å². The van der Waals surface area contributed by atoms with Crippen LogP contribution < -0.4 is 20.3 Å². The Bertz CT molecular complexity index is 1220. The maximum atomic E-state index is 13.1. The number of fused-ring (bicyclic) bond motifs is 1. The summed E-state index contributed by atoms with van der Waals surface area (Å²) in [7, 11) is 1.57. The van der Waals surface area contributed by atoms with Crippen molar-refractivity contribution in [2.45, 2.75) is 43.5 Å². The van der Waals surface area contributed by atoms with E-state index in [1.807, 2.05) is 50.2 Å². The summed E-state index contributed by atoms with van der Waals surface area (Å²) in [4.78, 5) is 33.0. The van der Waals surface area contributed by atoms with E-state index in [9.17, 15) is 9.59 Å². The molecule has 172 valence electrons. The smallest absolute Gasteiger partial charge is 0.257 e. The highest BCUT2D eigenvalue weighted by Crippen LogP contribution is 2.38. The summed E-state index contributed by atoms with van der Waals surface area (Å²) in [6, 6.07) is 13.7. The SMILES string of the molecule is CCCOc1ccc(C2CC(=O)Nc3nc(SCc4cccc(C)c4)[nH]c(=O)c32)cc1OC. The summed E-state index contributed by atoms with van der Waals surface area (Å²) in [6.07, 6.45) is 1.04. The van der Waals surface area contributed by atoms with Gasteiger partial charge in [0.1, 0.15) is 5.82 Å². The Balaban J connectivity index is 1.63. The van der Waals surface area contributed by atoms with E-state index in [0.717, 1.165) is 17.5 Å². The molecular formula is C25H27N3O4S. The first-order valence-electron chi connectivity index (χ1n) is 10.9. The van der Waals surface area contributed by atoms with Gasteiger partial charge in [-0.3, -0.25) is 9.59 Å². The van der Waals surface area contributed by atoms with Gasteiger partial charge in [0, 0.05) is 18.1 Å². The van der Waals surface area contributed by atoms with Crippen molar-refractivity contribution in [1.82, 2.24) is 9.97 Å². The van der Waals surface area contributed by atoms with Crippen LogP contribution in [0.25, 0.3) is 0 Å². The van der Waals surface area contributed by atoms with Gasteiger partial charge in [0.2, 0.25) is 5.91 Å². The van der Waals surface area contributed by atoms with Gasteiger partial charge in [-0.2, -0.15) is 0 Å². The van der Waals surface area contributed by atoms with Crippen LogP contribution in [-0.2, 0) is 10.5 Å². The fraction of sp³-hybridized carbons (Fsp3) is 0.320. The molecule has 7 nitrogen and oxygen atoms in total. The molecule has 1 amide bonds. The van der Waals surface area contributed by atoms with Crippen LogP contribution in [0.1, 0.15) is 47.9 Å². The number of amides is 1. The second-order valence-corrected chi connectivity index (χ2v) is 8.94. The highest BCUT2D eigenvalue weighted by Gasteiger charge is 2.31. The first-order chi connectivity index (χ1) is 16.0. The van der Waals surface area contributed by atoms with Crippen LogP contribution in [0.15, 0.2) is 52.4 Å². The molecule has 0 fully saturated rings. The number of hydrogen-bond donors (Lipinski definition) is 2. The fourth-order valence-electron chi connectivity index (χ4n) is 3.89. The minimum Gasteiger partial charge on any atom is -0.493 e. The molecule has 2 heterocycles. The number of benzene rings is 2. The molecule has 4 rings (SSSR count). The zero-order chi connectivity index (χ0) is 23.4. The summed E-state index contributed by atoms with van der Waals surface area (Å²) in [6.45, 7) is 4.66. The summed E-state index contributed by atoms with van der Waals surface area (Å²) in [5, 5.41) is 3.25. The van der Waals surface area contributed by atoms with E-state index in [4.69, 9.17) is 9.47 Å². The second-order valence-electron chi connectivity index (χ2n) is 7.97. The Hall–Kier alpha value is -3.26. The van der Waals surface area contributed by atoms with E-state index >= 15 is 0 Å². The van der Waals surface area contributed by atoms with Crippen molar-refractivity contribution in [3.63, 3.8) is 0 Å². The van der Waals surface area contributed by atoms with E-state index < -0.39 is 5.92 Å². The predicted molar refractivity (Wildman–Crippen MR) is 129 cm³/mol. The van der Waals surface area contributed by atoms with Gasteiger partial charge >= 0.3 is 0 Å². The van der Waals surface area contributed by atoms with Crippen molar-refractivity contribution < 1.29 is 14.3 Å². The Kier molecular flexibility index (Phi) is 7.03. The Morgan fingerprint density at radius 1 is 1.15 bits per heavy atom. The van der Waals surface area contributed by atoms with Gasteiger partial charge in [-0.05, 0) is 36.6 Å². The molecule has 0 spiro atoms. The molecule has 1 aromatic heterocycles. The third kappa shape index (κ3) is 5.22. The Morgan fingerprint density at radius 3 is 2.76 bits per heavy atom. The third-order valence-electron chi connectivity index (χ3n) is 5.44. The number of nitrogens with one attached hydrogen (secondary N) is 2. The highest BCUT2D eigenvalue weighted by molar-refractivity contribution is 7.98. The number of aromatic nitrogens is 2. The van der Waals surface area contributed by atoms with Crippen LogP contribution in [0.4, 0.5) is 5.82 Å². The standard InChI is InChI=1S/C25H27N3O4S/c1-4-10-32-19-9-8-17(12-20(19)31-3)18-13-21(29)26-23-22(18)24(30)28-25(27-23)33-14-16-7-5-6-15(2)11-16/h5-9,11-12,18H,4,10,13-14H2,1-3H3,(H2,26,27,28,29,30). The maximum absolute atomic E-state index is 13.1. The molecule has 0 saturated heterocycles. The molecule has 1 unspecified atom stereocenters. The zero-order valence-corrected chi connectivity index (χ0v) is 19.8. The second kappa shape index (κ2) is 10.1. The average molecular weight is 466 g/mol. The zero-order valence-electron chi connectivity index (χ0n) is 18.9. The van der Waals surface area contributed by atoms with Crippen LogP contribution in [0.2, 0.25) is 0 Å². The summed E-state index contributed by atoms with van der Waals surface area (Å²) in [5.41, 5.74) is 3.33. The number of carbonyl (C=O) groups excluding carboxylic acids is 1. The normalized spacial score (nSPS) is 15.0. The van der Waals surface area contributed by atoms with Crippen LogP contribution in [0, 0.1) is 6.92 Å². The summed E-state index contributed by atoms with van der Waals surface area (Å²) in [5.74, 6) is 1.59. The number of carbonyl (C=O) groups is 1. The number of ether oxygens (including phenoxy) is 2.